The second-order valence-electron chi connectivity index (χ2n) is 3.23. The molecule has 0 aromatic carbocycles. The van der Waals surface area contributed by atoms with Crippen molar-refractivity contribution in [2.75, 3.05) is 0 Å². The van der Waals surface area contributed by atoms with Crippen molar-refractivity contribution in [2.45, 2.75) is 31.8 Å². The van der Waals surface area contributed by atoms with Crippen LogP contribution in [-0.4, -0.2) is 21.8 Å². The van der Waals surface area contributed by atoms with Crippen molar-refractivity contribution in [1.82, 2.24) is 0 Å². The van der Waals surface area contributed by atoms with Gasteiger partial charge in [0.15, 0.2) is 0 Å². The first kappa shape index (κ1) is 9.26. The molecule has 0 aromatic heterocycles. The Morgan fingerprint density at radius 3 is 2.75 bits per heavy atom. The number of rotatable bonds is 3. The smallest absolute Gasteiger partial charge is 0.309 e. The molecule has 1 aliphatic carbocycles. The molecule has 0 saturated heterocycles. The normalized spacial score (nSPS) is 30.5. The van der Waals surface area contributed by atoms with Gasteiger partial charge in [-0.1, -0.05) is 19.1 Å². The van der Waals surface area contributed by atoms with Crippen LogP contribution in [0.15, 0.2) is 12.2 Å². The maximum atomic E-state index is 10.7. The van der Waals surface area contributed by atoms with Crippen LogP contribution in [0.1, 0.15) is 26.2 Å². The average molecular weight is 170 g/mol. The van der Waals surface area contributed by atoms with Gasteiger partial charge in [-0.05, 0) is 19.3 Å². The monoisotopic (exact) mass is 170 g/mol. The zero-order valence-corrected chi connectivity index (χ0v) is 7.16. The zero-order valence-electron chi connectivity index (χ0n) is 7.16. The topological polar surface area (TPSA) is 57.5 Å². The first-order chi connectivity index (χ1) is 5.60. The maximum absolute atomic E-state index is 10.7. The van der Waals surface area contributed by atoms with Gasteiger partial charge < -0.3 is 10.2 Å². The summed E-state index contributed by atoms with van der Waals surface area (Å²) in [5.74, 6) is -1.57. The summed E-state index contributed by atoms with van der Waals surface area (Å²) in [5.41, 5.74) is -1.10. The lowest BCUT2D eigenvalue weighted by molar-refractivity contribution is -0.149. The molecule has 0 heterocycles. The van der Waals surface area contributed by atoms with E-state index in [9.17, 15) is 9.90 Å². The molecule has 0 radical (unpaired) electrons. The molecule has 0 fully saturated rings. The predicted octanol–water partition coefficient (Wildman–Crippen LogP) is 1.18. The molecule has 1 aliphatic rings. The van der Waals surface area contributed by atoms with Crippen LogP contribution in [-0.2, 0) is 4.79 Å². The van der Waals surface area contributed by atoms with Gasteiger partial charge in [0.2, 0.25) is 0 Å². The van der Waals surface area contributed by atoms with Crippen molar-refractivity contribution in [1.29, 1.82) is 0 Å². The van der Waals surface area contributed by atoms with E-state index in [-0.39, 0.29) is 0 Å². The highest BCUT2D eigenvalue weighted by molar-refractivity contribution is 5.72. The summed E-state index contributed by atoms with van der Waals surface area (Å²) < 4.78 is 0. The van der Waals surface area contributed by atoms with E-state index in [0.29, 0.717) is 12.8 Å². The lowest BCUT2D eigenvalue weighted by Crippen LogP contribution is -2.38. The molecule has 0 amide bonds. The number of carboxylic acids is 1. The molecule has 0 saturated carbocycles. The third kappa shape index (κ3) is 1.50. The Balaban J connectivity index is 2.77. The number of hydrogen-bond donors (Lipinski definition) is 2. The summed E-state index contributed by atoms with van der Waals surface area (Å²) in [6.07, 6.45) is 5.25. The average Bonchev–Trinajstić information content (AvgIpc) is 2.37. The number of aliphatic hydroxyl groups is 1. The molecule has 0 bridgehead atoms. The first-order valence-electron chi connectivity index (χ1n) is 4.23. The first-order valence-corrected chi connectivity index (χ1v) is 4.23. The minimum Gasteiger partial charge on any atom is -0.481 e. The SMILES string of the molecule is CCC(C(=O)O)C1(O)C=CCC1. The van der Waals surface area contributed by atoms with E-state index in [2.05, 4.69) is 0 Å². The van der Waals surface area contributed by atoms with E-state index in [1.165, 1.54) is 0 Å². The van der Waals surface area contributed by atoms with Crippen LogP contribution in [0, 0.1) is 5.92 Å². The number of aliphatic carboxylic acids is 1. The van der Waals surface area contributed by atoms with Gasteiger partial charge >= 0.3 is 5.97 Å². The molecule has 3 nitrogen and oxygen atoms in total. The fourth-order valence-corrected chi connectivity index (χ4v) is 1.72. The number of hydrogen-bond acceptors (Lipinski definition) is 2. The van der Waals surface area contributed by atoms with Crippen LogP contribution >= 0.6 is 0 Å². The van der Waals surface area contributed by atoms with E-state index in [1.807, 2.05) is 6.08 Å². The summed E-state index contributed by atoms with van der Waals surface area (Å²) in [5, 5.41) is 18.7. The maximum Gasteiger partial charge on any atom is 0.309 e. The van der Waals surface area contributed by atoms with Gasteiger partial charge in [-0.15, -0.1) is 0 Å². The van der Waals surface area contributed by atoms with Crippen LogP contribution in [0.5, 0.6) is 0 Å². The molecular formula is C9H14O3. The highest BCUT2D eigenvalue weighted by Crippen LogP contribution is 2.32. The predicted molar refractivity (Wildman–Crippen MR) is 44.7 cm³/mol. The standard InChI is InChI=1S/C9H14O3/c1-2-7(8(10)11)9(12)5-3-4-6-9/h3,5,7,12H,2,4,6H2,1H3,(H,10,11). The van der Waals surface area contributed by atoms with Crippen LogP contribution in [0.3, 0.4) is 0 Å². The molecule has 0 aliphatic heterocycles. The van der Waals surface area contributed by atoms with Crippen molar-refractivity contribution in [3.8, 4) is 0 Å². The molecular weight excluding hydrogens is 156 g/mol. The molecule has 68 valence electrons. The van der Waals surface area contributed by atoms with Crippen molar-refractivity contribution in [3.05, 3.63) is 12.2 Å². The molecule has 2 unspecified atom stereocenters. The van der Waals surface area contributed by atoms with Gasteiger partial charge in [0.1, 0.15) is 0 Å². The quantitative estimate of drug-likeness (QED) is 0.625. The molecule has 12 heavy (non-hydrogen) atoms. The Kier molecular flexibility index (Phi) is 2.52. The fourth-order valence-electron chi connectivity index (χ4n) is 1.72. The largest absolute Gasteiger partial charge is 0.481 e. The molecule has 0 aromatic rings. The van der Waals surface area contributed by atoms with E-state index in [1.54, 1.807) is 13.0 Å². The van der Waals surface area contributed by atoms with Gasteiger partial charge in [0.25, 0.3) is 0 Å². The Bertz CT molecular complexity index is 210. The zero-order chi connectivity index (χ0) is 9.19. The van der Waals surface area contributed by atoms with E-state index in [4.69, 9.17) is 5.11 Å². The van der Waals surface area contributed by atoms with E-state index < -0.39 is 17.5 Å². The Morgan fingerprint density at radius 1 is 1.75 bits per heavy atom. The van der Waals surface area contributed by atoms with Gasteiger partial charge in [0.05, 0.1) is 11.5 Å². The minimum atomic E-state index is -1.10. The van der Waals surface area contributed by atoms with Crippen LogP contribution in [0.4, 0.5) is 0 Å². The summed E-state index contributed by atoms with van der Waals surface area (Å²) in [7, 11) is 0. The van der Waals surface area contributed by atoms with Crippen molar-refractivity contribution in [3.63, 3.8) is 0 Å². The lowest BCUT2D eigenvalue weighted by atomic mass is 9.85. The Labute approximate surface area is 71.7 Å². The van der Waals surface area contributed by atoms with Crippen LogP contribution < -0.4 is 0 Å². The third-order valence-electron chi connectivity index (χ3n) is 2.43. The van der Waals surface area contributed by atoms with Crippen molar-refractivity contribution < 1.29 is 15.0 Å². The highest BCUT2D eigenvalue weighted by Gasteiger charge is 2.39. The number of carbonyl (C=O) groups is 1. The fraction of sp³-hybridized carbons (Fsp3) is 0.667. The Morgan fingerprint density at radius 2 is 2.42 bits per heavy atom. The number of allylic oxidation sites excluding steroid dienone is 1. The lowest BCUT2D eigenvalue weighted by Gasteiger charge is -2.26. The third-order valence-corrected chi connectivity index (χ3v) is 2.43. The van der Waals surface area contributed by atoms with Crippen LogP contribution in [0.25, 0.3) is 0 Å². The molecule has 2 N–H and O–H groups in total. The second-order valence-corrected chi connectivity index (χ2v) is 3.23. The molecule has 1 rings (SSSR count). The van der Waals surface area contributed by atoms with Gasteiger partial charge in [-0.25, -0.2) is 0 Å². The summed E-state index contributed by atoms with van der Waals surface area (Å²) >= 11 is 0. The van der Waals surface area contributed by atoms with Crippen molar-refractivity contribution >= 4 is 5.97 Å². The molecule has 2 atom stereocenters. The summed E-state index contributed by atoms with van der Waals surface area (Å²) in [6.45, 7) is 1.78. The highest BCUT2D eigenvalue weighted by atomic mass is 16.4. The number of carboxylic acid groups (broad SMARTS) is 1. The second kappa shape index (κ2) is 3.27. The summed E-state index contributed by atoms with van der Waals surface area (Å²) in [4.78, 5) is 10.7. The molecule has 0 spiro atoms. The molecule has 3 heteroatoms. The summed E-state index contributed by atoms with van der Waals surface area (Å²) in [6, 6.07) is 0. The van der Waals surface area contributed by atoms with E-state index >= 15 is 0 Å². The minimum absolute atomic E-state index is 0.468. The van der Waals surface area contributed by atoms with Gasteiger partial charge in [-0.2, -0.15) is 0 Å². The van der Waals surface area contributed by atoms with Gasteiger partial charge in [0, 0.05) is 0 Å². The van der Waals surface area contributed by atoms with E-state index in [0.717, 1.165) is 6.42 Å². The van der Waals surface area contributed by atoms with Gasteiger partial charge in [-0.3, -0.25) is 4.79 Å². The van der Waals surface area contributed by atoms with Crippen molar-refractivity contribution in [2.24, 2.45) is 5.92 Å². The van der Waals surface area contributed by atoms with Crippen LogP contribution in [0.2, 0.25) is 0 Å². The Hall–Kier alpha value is -0.830.